The van der Waals surface area contributed by atoms with Gasteiger partial charge in [0.05, 0.1) is 12.4 Å². The van der Waals surface area contributed by atoms with Crippen LogP contribution in [0.15, 0.2) is 12.4 Å². The first-order valence-corrected chi connectivity index (χ1v) is 3.48. The fourth-order valence-corrected chi connectivity index (χ4v) is 0.689. The second kappa shape index (κ2) is 3.94. The number of nitrogens with zero attached hydrogens (tertiary/aromatic N) is 2. The number of aryl methyl sites for hydroxylation is 1. The maximum atomic E-state index is 11.6. The summed E-state index contributed by atoms with van der Waals surface area (Å²) in [5, 5.41) is 0. The Morgan fingerprint density at radius 1 is 1.42 bits per heavy atom. The van der Waals surface area contributed by atoms with Crippen molar-refractivity contribution < 1.29 is 13.5 Å². The van der Waals surface area contributed by atoms with Gasteiger partial charge in [-0.3, -0.25) is 0 Å². The van der Waals surface area contributed by atoms with Crippen LogP contribution < -0.4 is 4.74 Å². The minimum atomic E-state index is -2.82. The van der Waals surface area contributed by atoms with Crippen LogP contribution in [-0.4, -0.2) is 16.6 Å². The normalized spacial score (nSPS) is 10.3. The van der Waals surface area contributed by atoms with Crippen molar-refractivity contribution in [3.8, 4) is 5.75 Å². The van der Waals surface area contributed by atoms with Crippen LogP contribution in [-0.2, 0) is 6.42 Å². The molecular weight excluding hydrogens is 166 g/mol. The van der Waals surface area contributed by atoms with Crippen molar-refractivity contribution in [1.82, 2.24) is 9.97 Å². The highest BCUT2D eigenvalue weighted by atomic mass is 19.3. The van der Waals surface area contributed by atoms with E-state index in [1.165, 1.54) is 12.4 Å². The second-order valence-corrected chi connectivity index (χ2v) is 2.07. The summed E-state index contributed by atoms with van der Waals surface area (Å²) in [5.41, 5.74) is 0. The Morgan fingerprint density at radius 3 is 2.42 bits per heavy atom. The van der Waals surface area contributed by atoms with E-state index in [-0.39, 0.29) is 5.75 Å². The molecule has 0 fully saturated rings. The molecule has 1 rings (SSSR count). The molecule has 0 aliphatic rings. The van der Waals surface area contributed by atoms with Gasteiger partial charge in [-0.2, -0.15) is 8.78 Å². The summed E-state index contributed by atoms with van der Waals surface area (Å²) in [4.78, 5) is 7.56. The largest absolute Gasteiger partial charge is 0.432 e. The molecule has 0 spiro atoms. The van der Waals surface area contributed by atoms with Gasteiger partial charge in [-0.05, 0) is 0 Å². The summed E-state index contributed by atoms with van der Waals surface area (Å²) in [6.45, 7) is -0.940. The van der Waals surface area contributed by atoms with Crippen molar-refractivity contribution in [2.75, 3.05) is 0 Å². The molecule has 0 aliphatic heterocycles. The minimum absolute atomic E-state index is 0.0119. The van der Waals surface area contributed by atoms with E-state index < -0.39 is 6.61 Å². The number of aromatic nitrogens is 2. The lowest BCUT2D eigenvalue weighted by atomic mass is 10.4. The number of halogens is 2. The highest BCUT2D eigenvalue weighted by molar-refractivity contribution is 5.12. The quantitative estimate of drug-likeness (QED) is 0.698. The predicted octanol–water partition coefficient (Wildman–Crippen LogP) is 1.64. The first kappa shape index (κ1) is 8.83. The van der Waals surface area contributed by atoms with Crippen LogP contribution in [0.1, 0.15) is 12.7 Å². The fraction of sp³-hybridized carbons (Fsp3) is 0.429. The Hall–Kier alpha value is -1.26. The minimum Gasteiger partial charge on any atom is -0.432 e. The number of ether oxygens (including phenoxy) is 1. The zero-order valence-corrected chi connectivity index (χ0v) is 6.50. The lowest BCUT2D eigenvalue weighted by molar-refractivity contribution is -0.0503. The second-order valence-electron chi connectivity index (χ2n) is 2.07. The standard InChI is InChI=1S/C7H8F2N2O/c1-2-6-10-3-5(4-11-6)12-7(8)9/h3-4,7H,2H2,1H3. The Kier molecular flexibility index (Phi) is 2.90. The van der Waals surface area contributed by atoms with E-state index in [0.717, 1.165) is 0 Å². The van der Waals surface area contributed by atoms with Crippen molar-refractivity contribution in [2.45, 2.75) is 20.0 Å². The van der Waals surface area contributed by atoms with Crippen LogP contribution in [0.5, 0.6) is 5.75 Å². The zero-order chi connectivity index (χ0) is 8.97. The molecule has 1 aromatic heterocycles. The third-order valence-electron chi connectivity index (χ3n) is 1.22. The van der Waals surface area contributed by atoms with Gasteiger partial charge in [0.25, 0.3) is 0 Å². The maximum Gasteiger partial charge on any atom is 0.387 e. The summed E-state index contributed by atoms with van der Waals surface area (Å²) in [7, 11) is 0. The van der Waals surface area contributed by atoms with Crippen molar-refractivity contribution in [3.05, 3.63) is 18.2 Å². The summed E-state index contributed by atoms with van der Waals surface area (Å²) in [5.74, 6) is 0.596. The van der Waals surface area contributed by atoms with Gasteiger partial charge >= 0.3 is 6.61 Å². The average Bonchev–Trinajstić information content (AvgIpc) is 2.05. The first-order chi connectivity index (χ1) is 5.72. The maximum absolute atomic E-state index is 11.6. The van der Waals surface area contributed by atoms with Crippen LogP contribution in [0.2, 0.25) is 0 Å². The van der Waals surface area contributed by atoms with E-state index >= 15 is 0 Å². The van der Waals surface area contributed by atoms with Crippen LogP contribution in [0.3, 0.4) is 0 Å². The average molecular weight is 174 g/mol. The molecule has 1 aromatic rings. The van der Waals surface area contributed by atoms with Gasteiger partial charge in [-0.1, -0.05) is 6.92 Å². The van der Waals surface area contributed by atoms with Gasteiger partial charge in [0.2, 0.25) is 0 Å². The van der Waals surface area contributed by atoms with Crippen molar-refractivity contribution in [1.29, 1.82) is 0 Å². The highest BCUT2D eigenvalue weighted by Gasteiger charge is 2.04. The van der Waals surface area contributed by atoms with Crippen LogP contribution >= 0.6 is 0 Å². The van der Waals surface area contributed by atoms with E-state index in [9.17, 15) is 8.78 Å². The monoisotopic (exact) mass is 174 g/mol. The summed E-state index contributed by atoms with van der Waals surface area (Å²) in [6, 6.07) is 0. The Balaban J connectivity index is 2.65. The van der Waals surface area contributed by atoms with Crippen LogP contribution in [0.25, 0.3) is 0 Å². The van der Waals surface area contributed by atoms with E-state index in [1.807, 2.05) is 6.92 Å². The third kappa shape index (κ3) is 2.41. The van der Waals surface area contributed by atoms with Gasteiger partial charge in [0.1, 0.15) is 5.82 Å². The zero-order valence-electron chi connectivity index (χ0n) is 6.50. The first-order valence-electron chi connectivity index (χ1n) is 3.48. The molecule has 0 aliphatic carbocycles. The van der Waals surface area contributed by atoms with E-state index in [0.29, 0.717) is 12.2 Å². The SMILES string of the molecule is CCc1ncc(OC(F)F)cn1. The molecule has 3 nitrogen and oxygen atoms in total. The van der Waals surface area contributed by atoms with E-state index in [2.05, 4.69) is 14.7 Å². The summed E-state index contributed by atoms with van der Waals surface area (Å²) >= 11 is 0. The molecule has 0 N–H and O–H groups in total. The molecule has 12 heavy (non-hydrogen) atoms. The molecule has 0 bridgehead atoms. The Bertz CT molecular complexity index is 238. The smallest absolute Gasteiger partial charge is 0.387 e. The molecule has 1 heterocycles. The molecule has 0 radical (unpaired) electrons. The lowest BCUT2D eigenvalue weighted by Crippen LogP contribution is -2.03. The van der Waals surface area contributed by atoms with Crippen molar-refractivity contribution in [2.24, 2.45) is 0 Å². The molecule has 0 aromatic carbocycles. The summed E-state index contributed by atoms with van der Waals surface area (Å²) in [6.07, 6.45) is 3.14. The third-order valence-corrected chi connectivity index (χ3v) is 1.22. The summed E-state index contributed by atoms with van der Waals surface area (Å²) < 4.78 is 27.3. The lowest BCUT2D eigenvalue weighted by Gasteiger charge is -2.02. The van der Waals surface area contributed by atoms with Crippen molar-refractivity contribution in [3.63, 3.8) is 0 Å². The highest BCUT2D eigenvalue weighted by Crippen LogP contribution is 2.09. The topological polar surface area (TPSA) is 35.0 Å². The Morgan fingerprint density at radius 2 is 2.00 bits per heavy atom. The molecule has 0 amide bonds. The van der Waals surface area contributed by atoms with Crippen LogP contribution in [0, 0.1) is 0 Å². The number of hydrogen-bond donors (Lipinski definition) is 0. The number of hydrogen-bond acceptors (Lipinski definition) is 3. The van der Waals surface area contributed by atoms with E-state index in [1.54, 1.807) is 0 Å². The molecule has 0 saturated carbocycles. The van der Waals surface area contributed by atoms with Gasteiger partial charge in [-0.15, -0.1) is 0 Å². The van der Waals surface area contributed by atoms with Gasteiger partial charge < -0.3 is 4.74 Å². The molecular formula is C7H8F2N2O. The van der Waals surface area contributed by atoms with Gasteiger partial charge in [-0.25, -0.2) is 9.97 Å². The Labute approximate surface area is 68.4 Å². The molecule has 0 saturated heterocycles. The van der Waals surface area contributed by atoms with Gasteiger partial charge in [0, 0.05) is 6.42 Å². The van der Waals surface area contributed by atoms with Crippen molar-refractivity contribution >= 4 is 0 Å². The molecule has 0 atom stereocenters. The number of rotatable bonds is 3. The molecule has 5 heteroatoms. The van der Waals surface area contributed by atoms with E-state index in [4.69, 9.17) is 0 Å². The van der Waals surface area contributed by atoms with Gasteiger partial charge in [0.15, 0.2) is 5.75 Å². The molecule has 0 unspecified atom stereocenters. The number of alkyl halides is 2. The molecule has 66 valence electrons. The predicted molar refractivity (Wildman–Crippen MR) is 38.0 cm³/mol. The fourth-order valence-electron chi connectivity index (χ4n) is 0.689. The van der Waals surface area contributed by atoms with Crippen LogP contribution in [0.4, 0.5) is 8.78 Å².